The molecule has 0 saturated heterocycles. The largest absolute Gasteiger partial charge is 0.507 e. The lowest BCUT2D eigenvalue weighted by Crippen LogP contribution is -2.09. The summed E-state index contributed by atoms with van der Waals surface area (Å²) in [4.78, 5) is 2.16. The van der Waals surface area contributed by atoms with Crippen LogP contribution in [0, 0.1) is 0 Å². The molecule has 0 radical (unpaired) electrons. The van der Waals surface area contributed by atoms with Gasteiger partial charge in [0.1, 0.15) is 5.75 Å². The van der Waals surface area contributed by atoms with E-state index in [0.717, 1.165) is 38.2 Å². The van der Waals surface area contributed by atoms with Gasteiger partial charge in [-0.1, -0.05) is 88.7 Å². The van der Waals surface area contributed by atoms with E-state index in [4.69, 9.17) is 0 Å². The maximum absolute atomic E-state index is 11.0. The second-order valence-corrected chi connectivity index (χ2v) is 8.71. The second kappa shape index (κ2) is 9.35. The van der Waals surface area contributed by atoms with Crippen LogP contribution in [0.4, 0.5) is 17.1 Å². The highest BCUT2D eigenvalue weighted by Crippen LogP contribution is 2.40. The van der Waals surface area contributed by atoms with Crippen LogP contribution < -0.4 is 4.90 Å². The van der Waals surface area contributed by atoms with Gasteiger partial charge in [-0.15, -0.1) is 0 Å². The number of nitrogens with zero attached hydrogens (tertiary/aromatic N) is 1. The Bertz CT molecular complexity index is 1370. The van der Waals surface area contributed by atoms with E-state index in [1.165, 1.54) is 5.56 Å². The SMILES string of the molecule is Oc1cc(N(c2ccccc2)c2cccc(-c3ccccc3)c2)ccc1-c1ccc(Br)cc1. The highest BCUT2D eigenvalue weighted by atomic mass is 79.9. The van der Waals surface area contributed by atoms with Crippen LogP contribution in [-0.4, -0.2) is 5.11 Å². The van der Waals surface area contributed by atoms with Crippen LogP contribution in [0.5, 0.6) is 5.75 Å². The molecule has 0 amide bonds. The molecular formula is C30H22BrNO. The number of aromatic hydroxyl groups is 1. The zero-order chi connectivity index (χ0) is 22.6. The summed E-state index contributed by atoms with van der Waals surface area (Å²) in [6, 6.07) is 42.9. The molecule has 1 N–H and O–H groups in total. The number of phenols is 1. The van der Waals surface area contributed by atoms with E-state index >= 15 is 0 Å². The van der Waals surface area contributed by atoms with Crippen LogP contribution in [0.25, 0.3) is 22.3 Å². The number of hydrogen-bond donors (Lipinski definition) is 1. The molecular weight excluding hydrogens is 470 g/mol. The summed E-state index contributed by atoms with van der Waals surface area (Å²) in [5, 5.41) is 11.0. The Labute approximate surface area is 202 Å². The molecule has 0 spiro atoms. The molecule has 160 valence electrons. The predicted octanol–water partition coefficient (Wildman–Crippen LogP) is 8.96. The second-order valence-electron chi connectivity index (χ2n) is 7.80. The van der Waals surface area contributed by atoms with Crippen LogP contribution >= 0.6 is 15.9 Å². The summed E-state index contributed by atoms with van der Waals surface area (Å²) in [5.41, 5.74) is 7.03. The van der Waals surface area contributed by atoms with E-state index in [1.807, 2.05) is 60.7 Å². The molecule has 5 rings (SSSR count). The molecule has 0 aliphatic carbocycles. The minimum absolute atomic E-state index is 0.245. The smallest absolute Gasteiger partial charge is 0.125 e. The summed E-state index contributed by atoms with van der Waals surface area (Å²) < 4.78 is 1.01. The molecule has 0 aliphatic heterocycles. The van der Waals surface area contributed by atoms with Crippen molar-refractivity contribution >= 4 is 33.0 Å². The van der Waals surface area contributed by atoms with Crippen molar-refractivity contribution in [2.24, 2.45) is 0 Å². The fourth-order valence-electron chi connectivity index (χ4n) is 4.01. The minimum atomic E-state index is 0.245. The molecule has 3 heteroatoms. The third-order valence-electron chi connectivity index (χ3n) is 5.62. The standard InChI is InChI=1S/C30H22BrNO/c31-25-16-14-23(15-17-25)29-19-18-28(21-30(29)33)32(26-11-5-2-6-12-26)27-13-7-10-24(20-27)22-8-3-1-4-9-22/h1-21,33H. The van der Waals surface area contributed by atoms with Gasteiger partial charge in [0.25, 0.3) is 0 Å². The lowest BCUT2D eigenvalue weighted by atomic mass is 10.0. The van der Waals surface area contributed by atoms with Gasteiger partial charge in [0.05, 0.1) is 0 Å². The van der Waals surface area contributed by atoms with Crippen molar-refractivity contribution in [3.8, 4) is 28.0 Å². The first-order valence-corrected chi connectivity index (χ1v) is 11.6. The molecule has 0 heterocycles. The zero-order valence-electron chi connectivity index (χ0n) is 17.9. The predicted molar refractivity (Wildman–Crippen MR) is 141 cm³/mol. The van der Waals surface area contributed by atoms with Gasteiger partial charge >= 0.3 is 0 Å². The Balaban J connectivity index is 1.60. The molecule has 5 aromatic carbocycles. The summed E-state index contributed by atoms with van der Waals surface area (Å²) in [6.45, 7) is 0. The van der Waals surface area contributed by atoms with Crippen molar-refractivity contribution in [2.75, 3.05) is 4.90 Å². The van der Waals surface area contributed by atoms with Gasteiger partial charge in [-0.05, 0) is 65.2 Å². The quantitative estimate of drug-likeness (QED) is 0.265. The number of benzene rings is 5. The topological polar surface area (TPSA) is 23.5 Å². The maximum Gasteiger partial charge on any atom is 0.125 e. The van der Waals surface area contributed by atoms with E-state index in [9.17, 15) is 5.11 Å². The fourth-order valence-corrected chi connectivity index (χ4v) is 4.28. The number of para-hydroxylation sites is 1. The van der Waals surface area contributed by atoms with E-state index in [2.05, 4.69) is 87.6 Å². The van der Waals surface area contributed by atoms with Crippen LogP contribution in [-0.2, 0) is 0 Å². The van der Waals surface area contributed by atoms with Crippen molar-refractivity contribution in [1.29, 1.82) is 0 Å². The molecule has 0 fully saturated rings. The maximum atomic E-state index is 11.0. The lowest BCUT2D eigenvalue weighted by Gasteiger charge is -2.26. The average molecular weight is 492 g/mol. The summed E-state index contributed by atoms with van der Waals surface area (Å²) in [5.74, 6) is 0.245. The number of phenolic OH excluding ortho intramolecular Hbond substituents is 1. The Morgan fingerprint density at radius 1 is 0.485 bits per heavy atom. The van der Waals surface area contributed by atoms with E-state index in [1.54, 1.807) is 0 Å². The van der Waals surface area contributed by atoms with Crippen LogP contribution in [0.3, 0.4) is 0 Å². The highest BCUT2D eigenvalue weighted by molar-refractivity contribution is 9.10. The Morgan fingerprint density at radius 3 is 1.79 bits per heavy atom. The molecule has 33 heavy (non-hydrogen) atoms. The van der Waals surface area contributed by atoms with E-state index in [-0.39, 0.29) is 5.75 Å². The van der Waals surface area contributed by atoms with Gasteiger partial charge < -0.3 is 10.0 Å². The van der Waals surface area contributed by atoms with Gasteiger partial charge in [0, 0.05) is 33.2 Å². The number of hydrogen-bond acceptors (Lipinski definition) is 2. The van der Waals surface area contributed by atoms with Gasteiger partial charge in [0.15, 0.2) is 0 Å². The molecule has 0 aromatic heterocycles. The Hall–Kier alpha value is -3.82. The third kappa shape index (κ3) is 4.55. The Kier molecular flexibility index (Phi) is 5.97. The van der Waals surface area contributed by atoms with Crippen molar-refractivity contribution in [2.45, 2.75) is 0 Å². The van der Waals surface area contributed by atoms with E-state index < -0.39 is 0 Å². The molecule has 0 atom stereocenters. The molecule has 0 unspecified atom stereocenters. The van der Waals surface area contributed by atoms with Crippen LogP contribution in [0.1, 0.15) is 0 Å². The van der Waals surface area contributed by atoms with Gasteiger partial charge in [-0.25, -0.2) is 0 Å². The highest BCUT2D eigenvalue weighted by Gasteiger charge is 2.15. The van der Waals surface area contributed by atoms with Crippen LogP contribution in [0.15, 0.2) is 132 Å². The third-order valence-corrected chi connectivity index (χ3v) is 6.15. The minimum Gasteiger partial charge on any atom is -0.507 e. The van der Waals surface area contributed by atoms with Gasteiger partial charge in [0.2, 0.25) is 0 Å². The number of anilines is 3. The van der Waals surface area contributed by atoms with E-state index in [0.29, 0.717) is 0 Å². The summed E-state index contributed by atoms with van der Waals surface area (Å²) in [6.07, 6.45) is 0. The molecule has 5 aromatic rings. The molecule has 0 bridgehead atoms. The van der Waals surface area contributed by atoms with Crippen LogP contribution in [0.2, 0.25) is 0 Å². The summed E-state index contributed by atoms with van der Waals surface area (Å²) >= 11 is 3.47. The average Bonchev–Trinajstić information content (AvgIpc) is 2.86. The number of halogens is 1. The zero-order valence-corrected chi connectivity index (χ0v) is 19.5. The Morgan fingerprint density at radius 2 is 1.09 bits per heavy atom. The normalized spacial score (nSPS) is 10.7. The first-order chi connectivity index (χ1) is 16.2. The molecule has 0 saturated carbocycles. The fraction of sp³-hybridized carbons (Fsp3) is 0. The van der Waals surface area contributed by atoms with Crippen molar-refractivity contribution in [3.63, 3.8) is 0 Å². The molecule has 0 aliphatic rings. The summed E-state index contributed by atoms with van der Waals surface area (Å²) in [7, 11) is 0. The van der Waals surface area contributed by atoms with Crippen molar-refractivity contribution < 1.29 is 5.11 Å². The monoisotopic (exact) mass is 491 g/mol. The first kappa shape index (κ1) is 21.0. The van der Waals surface area contributed by atoms with Crippen molar-refractivity contribution in [3.05, 3.63) is 132 Å². The van der Waals surface area contributed by atoms with Gasteiger partial charge in [-0.2, -0.15) is 0 Å². The molecule has 2 nitrogen and oxygen atoms in total. The lowest BCUT2D eigenvalue weighted by molar-refractivity contribution is 0.477. The number of rotatable bonds is 5. The first-order valence-electron chi connectivity index (χ1n) is 10.8. The van der Waals surface area contributed by atoms with Gasteiger partial charge in [-0.3, -0.25) is 0 Å². The van der Waals surface area contributed by atoms with Crippen molar-refractivity contribution in [1.82, 2.24) is 0 Å².